The Kier molecular flexibility index (Phi) is 8.34. The van der Waals surface area contributed by atoms with Crippen molar-refractivity contribution in [3.8, 4) is 0 Å². The second kappa shape index (κ2) is 9.50. The first-order valence-corrected chi connectivity index (χ1v) is 8.06. The number of aryl methyl sites for hydroxylation is 1. The number of hydrogen-bond acceptors (Lipinski definition) is 3. The largest absolute Gasteiger partial charge is 0.379 e. The summed E-state index contributed by atoms with van der Waals surface area (Å²) in [6, 6.07) is 0.204. The van der Waals surface area contributed by atoms with Crippen LogP contribution in [0.15, 0.2) is 10.7 Å². The van der Waals surface area contributed by atoms with Gasteiger partial charge >= 0.3 is 0 Å². The smallest absolute Gasteiger partial charge is 0.0741 e. The minimum absolute atomic E-state index is 0.204. The van der Waals surface area contributed by atoms with Gasteiger partial charge in [0.2, 0.25) is 0 Å². The van der Waals surface area contributed by atoms with Crippen LogP contribution in [0.4, 0.5) is 0 Å². The van der Waals surface area contributed by atoms with E-state index in [0.29, 0.717) is 6.61 Å². The molecule has 0 bridgehead atoms. The SMILES string of the molecule is CCCNC(COCCC)c1c(Br)cnn1CCC. The Morgan fingerprint density at radius 1 is 1.32 bits per heavy atom. The molecule has 5 heteroatoms. The predicted molar refractivity (Wildman–Crippen MR) is 82.4 cm³/mol. The van der Waals surface area contributed by atoms with Crippen LogP contribution in [-0.4, -0.2) is 29.5 Å². The second-order valence-corrected chi connectivity index (χ2v) is 5.54. The highest BCUT2D eigenvalue weighted by Crippen LogP contribution is 2.24. The topological polar surface area (TPSA) is 39.1 Å². The number of ether oxygens (including phenoxy) is 1. The van der Waals surface area contributed by atoms with Crippen molar-refractivity contribution in [1.82, 2.24) is 15.1 Å². The number of aromatic nitrogens is 2. The Bertz CT molecular complexity index is 354. The van der Waals surface area contributed by atoms with E-state index in [1.54, 1.807) is 0 Å². The van der Waals surface area contributed by atoms with E-state index in [-0.39, 0.29) is 6.04 Å². The Labute approximate surface area is 125 Å². The van der Waals surface area contributed by atoms with Crippen molar-refractivity contribution in [3.63, 3.8) is 0 Å². The standard InChI is InChI=1S/C14H26BrN3O/c1-4-7-16-13(11-19-9-6-3)14-12(15)10-17-18(14)8-5-2/h10,13,16H,4-9,11H2,1-3H3. The molecule has 19 heavy (non-hydrogen) atoms. The van der Waals surface area contributed by atoms with Crippen molar-refractivity contribution in [2.45, 2.75) is 52.6 Å². The molecule has 1 heterocycles. The van der Waals surface area contributed by atoms with Crippen LogP contribution in [0.1, 0.15) is 51.8 Å². The lowest BCUT2D eigenvalue weighted by Crippen LogP contribution is -2.29. The molecule has 4 nitrogen and oxygen atoms in total. The molecular formula is C14H26BrN3O. The van der Waals surface area contributed by atoms with Gasteiger partial charge in [-0.3, -0.25) is 4.68 Å². The van der Waals surface area contributed by atoms with Crippen LogP contribution in [0.5, 0.6) is 0 Å². The zero-order valence-electron chi connectivity index (χ0n) is 12.3. The number of nitrogens with zero attached hydrogens (tertiary/aromatic N) is 2. The van der Waals surface area contributed by atoms with E-state index >= 15 is 0 Å². The summed E-state index contributed by atoms with van der Waals surface area (Å²) in [6.45, 7) is 9.91. The second-order valence-electron chi connectivity index (χ2n) is 4.68. The summed E-state index contributed by atoms with van der Waals surface area (Å²) in [5.74, 6) is 0. The Morgan fingerprint density at radius 3 is 2.74 bits per heavy atom. The summed E-state index contributed by atoms with van der Waals surface area (Å²) in [4.78, 5) is 0. The molecule has 0 aromatic carbocycles. The minimum atomic E-state index is 0.204. The summed E-state index contributed by atoms with van der Waals surface area (Å²) in [5.41, 5.74) is 1.20. The fourth-order valence-electron chi connectivity index (χ4n) is 2.01. The van der Waals surface area contributed by atoms with Crippen LogP contribution in [0.3, 0.4) is 0 Å². The Morgan fingerprint density at radius 2 is 2.11 bits per heavy atom. The van der Waals surface area contributed by atoms with Crippen molar-refractivity contribution < 1.29 is 4.74 Å². The number of hydrogen-bond donors (Lipinski definition) is 1. The Balaban J connectivity index is 2.78. The first-order valence-electron chi connectivity index (χ1n) is 7.26. The molecule has 1 aromatic heterocycles. The fraction of sp³-hybridized carbons (Fsp3) is 0.786. The van der Waals surface area contributed by atoms with Gasteiger partial charge in [0.1, 0.15) is 0 Å². The maximum atomic E-state index is 5.73. The average molecular weight is 332 g/mol. The van der Waals surface area contributed by atoms with Gasteiger partial charge in [0.05, 0.1) is 29.0 Å². The van der Waals surface area contributed by atoms with Crippen LogP contribution in [0.2, 0.25) is 0 Å². The number of rotatable bonds is 10. The number of nitrogens with one attached hydrogen (secondary N) is 1. The lowest BCUT2D eigenvalue weighted by molar-refractivity contribution is 0.109. The highest BCUT2D eigenvalue weighted by atomic mass is 79.9. The molecule has 0 spiro atoms. The molecular weight excluding hydrogens is 306 g/mol. The van der Waals surface area contributed by atoms with Crippen LogP contribution in [0, 0.1) is 0 Å². The molecule has 1 N–H and O–H groups in total. The van der Waals surface area contributed by atoms with Gasteiger partial charge < -0.3 is 10.1 Å². The highest BCUT2D eigenvalue weighted by molar-refractivity contribution is 9.10. The highest BCUT2D eigenvalue weighted by Gasteiger charge is 2.19. The van der Waals surface area contributed by atoms with Gasteiger partial charge in [-0.05, 0) is 41.7 Å². The molecule has 0 amide bonds. The third kappa shape index (κ3) is 5.24. The number of halogens is 1. The molecule has 1 rings (SSSR count). The molecule has 0 aliphatic carbocycles. The molecule has 0 aliphatic heterocycles. The summed E-state index contributed by atoms with van der Waals surface area (Å²) < 4.78 is 8.87. The molecule has 1 aromatic rings. The predicted octanol–water partition coefficient (Wildman–Crippen LogP) is 3.52. The van der Waals surface area contributed by atoms with Gasteiger partial charge in [0.15, 0.2) is 0 Å². The van der Waals surface area contributed by atoms with Gasteiger partial charge in [-0.2, -0.15) is 5.10 Å². The third-order valence-corrected chi connectivity index (χ3v) is 3.48. The molecule has 0 fully saturated rings. The molecule has 0 radical (unpaired) electrons. The maximum absolute atomic E-state index is 5.73. The Hall–Kier alpha value is -0.390. The van der Waals surface area contributed by atoms with Crippen molar-refractivity contribution in [2.75, 3.05) is 19.8 Å². The first-order chi connectivity index (χ1) is 9.24. The van der Waals surface area contributed by atoms with Gasteiger partial charge in [-0.25, -0.2) is 0 Å². The van der Waals surface area contributed by atoms with Crippen molar-refractivity contribution in [1.29, 1.82) is 0 Å². The summed E-state index contributed by atoms with van der Waals surface area (Å²) in [6.07, 6.45) is 5.13. The summed E-state index contributed by atoms with van der Waals surface area (Å²) in [7, 11) is 0. The molecule has 0 aliphatic rings. The molecule has 0 saturated heterocycles. The van der Waals surface area contributed by atoms with E-state index in [9.17, 15) is 0 Å². The van der Waals surface area contributed by atoms with E-state index in [0.717, 1.165) is 43.4 Å². The zero-order valence-corrected chi connectivity index (χ0v) is 13.9. The minimum Gasteiger partial charge on any atom is -0.379 e. The van der Waals surface area contributed by atoms with Gasteiger partial charge in [0, 0.05) is 13.2 Å². The van der Waals surface area contributed by atoms with Gasteiger partial charge in [-0.15, -0.1) is 0 Å². The van der Waals surface area contributed by atoms with Crippen LogP contribution in [-0.2, 0) is 11.3 Å². The fourth-order valence-corrected chi connectivity index (χ4v) is 2.58. The summed E-state index contributed by atoms with van der Waals surface area (Å²) in [5, 5.41) is 7.99. The van der Waals surface area contributed by atoms with Crippen LogP contribution < -0.4 is 5.32 Å². The molecule has 110 valence electrons. The average Bonchev–Trinajstić information content (AvgIpc) is 2.76. The summed E-state index contributed by atoms with van der Waals surface area (Å²) >= 11 is 3.61. The van der Waals surface area contributed by atoms with Gasteiger partial charge in [0.25, 0.3) is 0 Å². The van der Waals surface area contributed by atoms with E-state index in [2.05, 4.69) is 51.8 Å². The molecule has 0 saturated carbocycles. The first kappa shape index (κ1) is 16.7. The van der Waals surface area contributed by atoms with Gasteiger partial charge in [-0.1, -0.05) is 20.8 Å². The van der Waals surface area contributed by atoms with Crippen molar-refractivity contribution in [3.05, 3.63) is 16.4 Å². The van der Waals surface area contributed by atoms with Crippen LogP contribution in [0.25, 0.3) is 0 Å². The van der Waals surface area contributed by atoms with E-state index < -0.39 is 0 Å². The normalized spacial score (nSPS) is 12.8. The quantitative estimate of drug-likeness (QED) is 0.666. The van der Waals surface area contributed by atoms with E-state index in [4.69, 9.17) is 4.74 Å². The monoisotopic (exact) mass is 331 g/mol. The zero-order chi connectivity index (χ0) is 14.1. The van der Waals surface area contributed by atoms with Crippen molar-refractivity contribution >= 4 is 15.9 Å². The van der Waals surface area contributed by atoms with Crippen LogP contribution >= 0.6 is 15.9 Å². The maximum Gasteiger partial charge on any atom is 0.0741 e. The van der Waals surface area contributed by atoms with E-state index in [1.165, 1.54) is 5.69 Å². The molecule has 1 unspecified atom stereocenters. The van der Waals surface area contributed by atoms with E-state index in [1.807, 2.05) is 6.20 Å². The molecule has 1 atom stereocenters. The lowest BCUT2D eigenvalue weighted by atomic mass is 10.2. The lowest BCUT2D eigenvalue weighted by Gasteiger charge is -2.20. The van der Waals surface area contributed by atoms with Crippen molar-refractivity contribution in [2.24, 2.45) is 0 Å². The third-order valence-electron chi connectivity index (χ3n) is 2.87.